The Morgan fingerprint density at radius 1 is 1.12 bits per heavy atom. The molecule has 1 N–H and O–H groups in total. The van der Waals surface area contributed by atoms with Crippen molar-refractivity contribution < 1.29 is 9.47 Å². The van der Waals surface area contributed by atoms with Gasteiger partial charge in [0.05, 0.1) is 6.10 Å². The monoisotopic (exact) mass is 365 g/mol. The van der Waals surface area contributed by atoms with Crippen LogP contribution in [-0.2, 0) is 17.9 Å². The van der Waals surface area contributed by atoms with Gasteiger partial charge in [-0.2, -0.15) is 0 Å². The topological polar surface area (TPSA) is 30.5 Å². The fraction of sp³-hybridized carbons (Fsp3) is 0.368. The molecule has 3 nitrogen and oxygen atoms in total. The van der Waals surface area contributed by atoms with E-state index >= 15 is 0 Å². The zero-order valence-electron chi connectivity index (χ0n) is 13.4. The van der Waals surface area contributed by atoms with Crippen molar-refractivity contribution >= 4 is 23.2 Å². The van der Waals surface area contributed by atoms with E-state index in [0.29, 0.717) is 22.8 Å². The van der Waals surface area contributed by atoms with Crippen LogP contribution < -0.4 is 10.1 Å². The first-order valence-corrected chi connectivity index (χ1v) is 8.94. The van der Waals surface area contributed by atoms with Crippen molar-refractivity contribution in [2.24, 2.45) is 0 Å². The highest BCUT2D eigenvalue weighted by atomic mass is 35.5. The van der Waals surface area contributed by atoms with Crippen LogP contribution in [-0.4, -0.2) is 19.3 Å². The molecule has 0 radical (unpaired) electrons. The Kier molecular flexibility index (Phi) is 6.38. The van der Waals surface area contributed by atoms with Gasteiger partial charge in [0.1, 0.15) is 12.4 Å². The average molecular weight is 366 g/mol. The number of hydrogen-bond acceptors (Lipinski definition) is 3. The number of hydrogen-bond donors (Lipinski definition) is 1. The molecule has 1 atom stereocenters. The van der Waals surface area contributed by atoms with Crippen molar-refractivity contribution in [2.45, 2.75) is 32.1 Å². The van der Waals surface area contributed by atoms with Crippen molar-refractivity contribution in [1.82, 2.24) is 5.32 Å². The van der Waals surface area contributed by atoms with Crippen LogP contribution >= 0.6 is 23.2 Å². The summed E-state index contributed by atoms with van der Waals surface area (Å²) < 4.78 is 11.4. The molecule has 2 aromatic rings. The Morgan fingerprint density at radius 3 is 2.67 bits per heavy atom. The molecule has 1 fully saturated rings. The Labute approximate surface area is 152 Å². The van der Waals surface area contributed by atoms with E-state index in [9.17, 15) is 0 Å². The van der Waals surface area contributed by atoms with E-state index in [1.807, 2.05) is 24.3 Å². The minimum absolute atomic E-state index is 0.372. The summed E-state index contributed by atoms with van der Waals surface area (Å²) in [6.07, 6.45) is 2.71. The Bertz CT molecular complexity index is 655. The molecule has 0 aliphatic carbocycles. The van der Waals surface area contributed by atoms with Crippen molar-refractivity contribution in [3.63, 3.8) is 0 Å². The summed E-state index contributed by atoms with van der Waals surface area (Å²) in [5, 5.41) is 4.69. The molecular weight excluding hydrogens is 345 g/mol. The molecular formula is C19H21Cl2NO2. The lowest BCUT2D eigenvalue weighted by atomic mass is 10.2. The van der Waals surface area contributed by atoms with Gasteiger partial charge in [0.25, 0.3) is 0 Å². The minimum atomic E-state index is 0.372. The molecule has 1 saturated heterocycles. The standard InChI is InChI=1S/C19H21Cl2NO2/c20-16-6-5-15(19(21)10-16)13-24-17-7-3-14(4-8-17)11-22-12-18-2-1-9-23-18/h3-8,10,18,22H,1-2,9,11-13H2. The van der Waals surface area contributed by atoms with Gasteiger partial charge in [-0.1, -0.05) is 41.4 Å². The lowest BCUT2D eigenvalue weighted by Crippen LogP contribution is -2.25. The van der Waals surface area contributed by atoms with Gasteiger partial charge in [0.15, 0.2) is 0 Å². The quantitative estimate of drug-likeness (QED) is 0.761. The largest absolute Gasteiger partial charge is 0.489 e. The van der Waals surface area contributed by atoms with E-state index < -0.39 is 0 Å². The molecule has 1 aliphatic heterocycles. The lowest BCUT2D eigenvalue weighted by Gasteiger charge is -2.11. The molecule has 1 aliphatic rings. The summed E-state index contributed by atoms with van der Waals surface area (Å²) in [7, 11) is 0. The zero-order valence-corrected chi connectivity index (χ0v) is 14.9. The molecule has 1 heterocycles. The summed E-state index contributed by atoms with van der Waals surface area (Å²) in [5.74, 6) is 0.823. The first kappa shape index (κ1) is 17.6. The van der Waals surface area contributed by atoms with E-state index in [1.54, 1.807) is 6.07 Å². The van der Waals surface area contributed by atoms with Crippen LogP contribution in [0.3, 0.4) is 0 Å². The van der Waals surface area contributed by atoms with Crippen LogP contribution in [0.5, 0.6) is 5.75 Å². The number of benzene rings is 2. The predicted molar refractivity (Wildman–Crippen MR) is 97.9 cm³/mol. The van der Waals surface area contributed by atoms with Crippen LogP contribution in [0.15, 0.2) is 42.5 Å². The molecule has 2 aromatic carbocycles. The molecule has 0 amide bonds. The van der Waals surface area contributed by atoms with Gasteiger partial charge in [-0.25, -0.2) is 0 Å². The normalized spacial score (nSPS) is 17.2. The van der Waals surface area contributed by atoms with Crippen LogP contribution in [0, 0.1) is 0 Å². The molecule has 0 aromatic heterocycles. The number of rotatable bonds is 7. The van der Waals surface area contributed by atoms with Crippen molar-refractivity contribution in [2.75, 3.05) is 13.2 Å². The summed E-state index contributed by atoms with van der Waals surface area (Å²) in [5.41, 5.74) is 2.15. The van der Waals surface area contributed by atoms with Crippen molar-refractivity contribution in [3.8, 4) is 5.75 Å². The Morgan fingerprint density at radius 2 is 1.96 bits per heavy atom. The van der Waals surface area contributed by atoms with Crippen LogP contribution in [0.25, 0.3) is 0 Å². The lowest BCUT2D eigenvalue weighted by molar-refractivity contribution is 0.110. The van der Waals surface area contributed by atoms with Crippen molar-refractivity contribution in [1.29, 1.82) is 0 Å². The molecule has 0 saturated carbocycles. The zero-order chi connectivity index (χ0) is 16.8. The highest BCUT2D eigenvalue weighted by molar-refractivity contribution is 6.35. The number of halogens is 2. The average Bonchev–Trinajstić information content (AvgIpc) is 3.09. The fourth-order valence-electron chi connectivity index (χ4n) is 2.69. The highest BCUT2D eigenvalue weighted by Crippen LogP contribution is 2.23. The Balaban J connectivity index is 1.45. The molecule has 0 bridgehead atoms. The van der Waals surface area contributed by atoms with E-state index in [1.165, 1.54) is 12.0 Å². The molecule has 0 spiro atoms. The van der Waals surface area contributed by atoms with E-state index in [2.05, 4.69) is 17.4 Å². The SMILES string of the molecule is Clc1ccc(COc2ccc(CNCC3CCCO3)cc2)c(Cl)c1. The predicted octanol–water partition coefficient (Wildman–Crippen LogP) is 4.84. The third kappa shape index (κ3) is 5.12. The van der Waals surface area contributed by atoms with Gasteiger partial charge in [0.2, 0.25) is 0 Å². The van der Waals surface area contributed by atoms with E-state index in [4.69, 9.17) is 32.7 Å². The summed E-state index contributed by atoms with van der Waals surface area (Å²) in [4.78, 5) is 0. The molecule has 1 unspecified atom stereocenters. The van der Waals surface area contributed by atoms with E-state index in [0.717, 1.165) is 37.4 Å². The summed E-state index contributed by atoms with van der Waals surface area (Å²) in [6.45, 7) is 3.07. The van der Waals surface area contributed by atoms with E-state index in [-0.39, 0.29) is 0 Å². The summed E-state index contributed by atoms with van der Waals surface area (Å²) >= 11 is 12.0. The first-order chi connectivity index (χ1) is 11.7. The molecule has 128 valence electrons. The summed E-state index contributed by atoms with van der Waals surface area (Å²) in [6, 6.07) is 13.5. The maximum absolute atomic E-state index is 6.15. The van der Waals surface area contributed by atoms with Gasteiger partial charge in [-0.3, -0.25) is 0 Å². The molecule has 24 heavy (non-hydrogen) atoms. The number of ether oxygens (including phenoxy) is 2. The smallest absolute Gasteiger partial charge is 0.119 e. The van der Waals surface area contributed by atoms with Gasteiger partial charge < -0.3 is 14.8 Å². The van der Waals surface area contributed by atoms with Crippen LogP contribution in [0.4, 0.5) is 0 Å². The highest BCUT2D eigenvalue weighted by Gasteiger charge is 2.14. The second-order valence-corrected chi connectivity index (χ2v) is 6.78. The second-order valence-electron chi connectivity index (χ2n) is 5.93. The first-order valence-electron chi connectivity index (χ1n) is 8.19. The molecule has 5 heteroatoms. The van der Waals surface area contributed by atoms with Gasteiger partial charge in [0, 0.05) is 35.3 Å². The number of nitrogens with one attached hydrogen (secondary N) is 1. The van der Waals surface area contributed by atoms with Gasteiger partial charge in [-0.15, -0.1) is 0 Å². The minimum Gasteiger partial charge on any atom is -0.489 e. The maximum atomic E-state index is 6.15. The Hall–Kier alpha value is -1.26. The second kappa shape index (κ2) is 8.72. The van der Waals surface area contributed by atoms with Crippen LogP contribution in [0.2, 0.25) is 10.0 Å². The van der Waals surface area contributed by atoms with Crippen molar-refractivity contribution in [3.05, 3.63) is 63.6 Å². The maximum Gasteiger partial charge on any atom is 0.119 e. The van der Waals surface area contributed by atoms with Gasteiger partial charge >= 0.3 is 0 Å². The van der Waals surface area contributed by atoms with Gasteiger partial charge in [-0.05, 0) is 42.7 Å². The molecule has 3 rings (SSSR count). The third-order valence-electron chi connectivity index (χ3n) is 4.06. The third-order valence-corrected chi connectivity index (χ3v) is 4.64. The van der Waals surface area contributed by atoms with Crippen LogP contribution in [0.1, 0.15) is 24.0 Å². The fourth-order valence-corrected chi connectivity index (χ4v) is 3.15.